The number of amidine groups is 1. The predicted octanol–water partition coefficient (Wildman–Crippen LogP) is 5.98. The number of guanidine groups is 1. The number of fused-ring (bicyclic) bond motifs is 3. The molecule has 2 aliphatic heterocycles. The molecule has 3 heterocycles. The summed E-state index contributed by atoms with van der Waals surface area (Å²) < 4.78 is 29.8. The molecule has 5 rings (SSSR count). The third-order valence-electron chi connectivity index (χ3n) is 6.84. The Balaban J connectivity index is 1.68. The first-order valence-corrected chi connectivity index (χ1v) is 12.1. The Morgan fingerprint density at radius 3 is 2.36 bits per heavy atom. The fourth-order valence-corrected chi connectivity index (χ4v) is 5.12. The smallest absolute Gasteiger partial charge is 0.270 e. The lowest BCUT2D eigenvalue weighted by Crippen LogP contribution is -2.48. The molecular weight excluding hydrogens is 458 g/mol. The Hall–Kier alpha value is -3.68. The van der Waals surface area contributed by atoms with Gasteiger partial charge < -0.3 is 14.8 Å². The van der Waals surface area contributed by atoms with Crippen LogP contribution in [0.25, 0.3) is 0 Å². The van der Waals surface area contributed by atoms with E-state index in [9.17, 15) is 8.78 Å². The van der Waals surface area contributed by atoms with Gasteiger partial charge in [0.2, 0.25) is 5.96 Å². The van der Waals surface area contributed by atoms with Gasteiger partial charge in [-0.3, -0.25) is 9.89 Å². The van der Waals surface area contributed by atoms with Crippen molar-refractivity contribution < 1.29 is 8.78 Å². The zero-order chi connectivity index (χ0) is 25.8. The number of nitrogens with zero attached hydrogens (tertiary/aromatic N) is 5. The minimum Gasteiger partial charge on any atom is -0.341 e. The summed E-state index contributed by atoms with van der Waals surface area (Å²) in [5.41, 5.74) is 4.83. The van der Waals surface area contributed by atoms with E-state index in [1.54, 1.807) is 19.2 Å². The van der Waals surface area contributed by atoms with Gasteiger partial charge in [0.25, 0.3) is 5.92 Å². The lowest BCUT2D eigenvalue weighted by Gasteiger charge is -2.35. The monoisotopic (exact) mass is 490 g/mol. The van der Waals surface area contributed by atoms with Crippen LogP contribution in [0.2, 0.25) is 0 Å². The zero-order valence-corrected chi connectivity index (χ0v) is 21.6. The summed E-state index contributed by atoms with van der Waals surface area (Å²) in [6.07, 6.45) is 0. The first kappa shape index (κ1) is 24.0. The van der Waals surface area contributed by atoms with Gasteiger partial charge in [0.05, 0.1) is 23.3 Å². The highest BCUT2D eigenvalue weighted by atomic mass is 19.3. The molecule has 2 aromatic carbocycles. The van der Waals surface area contributed by atoms with Gasteiger partial charge in [-0.05, 0) is 38.5 Å². The summed E-state index contributed by atoms with van der Waals surface area (Å²) in [6.45, 7) is 8.57. The van der Waals surface area contributed by atoms with Crippen LogP contribution in [-0.4, -0.2) is 47.4 Å². The molecule has 0 radical (unpaired) electrons. The minimum atomic E-state index is -2.86. The van der Waals surface area contributed by atoms with Gasteiger partial charge >= 0.3 is 0 Å². The van der Waals surface area contributed by atoms with E-state index in [1.807, 2.05) is 37.4 Å². The number of aliphatic imine (C=N–C) groups is 2. The second-order valence-corrected chi connectivity index (χ2v) is 10.2. The van der Waals surface area contributed by atoms with Crippen molar-refractivity contribution in [3.63, 3.8) is 0 Å². The van der Waals surface area contributed by atoms with Gasteiger partial charge in [-0.2, -0.15) is 0 Å². The van der Waals surface area contributed by atoms with E-state index in [-0.39, 0.29) is 11.1 Å². The van der Waals surface area contributed by atoms with E-state index in [1.165, 1.54) is 12.1 Å². The number of hydrogen-bond donors (Lipinski definition) is 1. The molecule has 0 amide bonds. The van der Waals surface area contributed by atoms with Gasteiger partial charge in [-0.1, -0.05) is 42.5 Å². The number of rotatable bonds is 5. The van der Waals surface area contributed by atoms with Crippen molar-refractivity contribution in [2.75, 3.05) is 30.9 Å². The Kier molecular flexibility index (Phi) is 5.65. The second kappa shape index (κ2) is 8.47. The molecule has 188 valence electrons. The van der Waals surface area contributed by atoms with Crippen LogP contribution in [0.1, 0.15) is 43.2 Å². The number of aromatic nitrogens is 1. The molecule has 36 heavy (non-hydrogen) atoms. The highest BCUT2D eigenvalue weighted by molar-refractivity contribution is 6.24. The predicted molar refractivity (Wildman–Crippen MR) is 143 cm³/mol. The van der Waals surface area contributed by atoms with Crippen molar-refractivity contribution in [3.8, 4) is 0 Å². The fourth-order valence-electron chi connectivity index (χ4n) is 5.12. The average Bonchev–Trinajstić information content (AvgIpc) is 3.29. The van der Waals surface area contributed by atoms with Crippen LogP contribution in [0.4, 0.5) is 26.0 Å². The van der Waals surface area contributed by atoms with Crippen LogP contribution >= 0.6 is 0 Å². The molecule has 0 atom stereocenters. The van der Waals surface area contributed by atoms with Crippen LogP contribution in [0.3, 0.4) is 0 Å². The van der Waals surface area contributed by atoms with E-state index in [4.69, 9.17) is 4.99 Å². The minimum absolute atomic E-state index is 0.0135. The number of anilines is 3. The van der Waals surface area contributed by atoms with Crippen molar-refractivity contribution in [2.24, 2.45) is 9.98 Å². The Bertz CT molecular complexity index is 1350. The molecule has 2 aliphatic rings. The molecule has 0 bridgehead atoms. The number of benzene rings is 2. The average molecular weight is 491 g/mol. The van der Waals surface area contributed by atoms with Crippen molar-refractivity contribution in [3.05, 3.63) is 77.0 Å². The van der Waals surface area contributed by atoms with Crippen molar-refractivity contribution in [1.82, 2.24) is 9.47 Å². The van der Waals surface area contributed by atoms with E-state index in [0.717, 1.165) is 59.3 Å². The normalized spacial score (nSPS) is 17.8. The van der Waals surface area contributed by atoms with E-state index in [0.29, 0.717) is 6.54 Å². The number of hydrogen-bond acceptors (Lipinski definition) is 4. The first-order valence-electron chi connectivity index (χ1n) is 12.1. The Morgan fingerprint density at radius 1 is 1.08 bits per heavy atom. The molecule has 0 aliphatic carbocycles. The topological polar surface area (TPSA) is 48.2 Å². The highest BCUT2D eigenvalue weighted by Gasteiger charge is 2.44. The summed E-state index contributed by atoms with van der Waals surface area (Å²) in [5, 5.41) is 3.63. The Labute approximate surface area is 211 Å². The van der Waals surface area contributed by atoms with Crippen LogP contribution in [0.15, 0.2) is 64.6 Å². The molecule has 3 aromatic rings. The molecule has 0 saturated heterocycles. The van der Waals surface area contributed by atoms with Crippen LogP contribution < -0.4 is 10.2 Å². The molecule has 1 aromatic heterocycles. The van der Waals surface area contributed by atoms with E-state index < -0.39 is 5.92 Å². The number of para-hydroxylation sites is 1. The van der Waals surface area contributed by atoms with Crippen LogP contribution in [0, 0.1) is 6.92 Å². The molecule has 1 N–H and O–H groups in total. The van der Waals surface area contributed by atoms with Crippen molar-refractivity contribution in [2.45, 2.75) is 45.7 Å². The van der Waals surface area contributed by atoms with Gasteiger partial charge in [0, 0.05) is 44.5 Å². The SMILES string of the molecule is CN=C1c2c(c(C)n(Cc3ccc(C(C)(F)F)cc3)c2Nc2ccccc2)N2CC(C)(C)N=C2N1C. The van der Waals surface area contributed by atoms with E-state index >= 15 is 0 Å². The molecular formula is C28H32F2N6. The maximum Gasteiger partial charge on any atom is 0.270 e. The Morgan fingerprint density at radius 2 is 1.75 bits per heavy atom. The molecule has 0 saturated carbocycles. The van der Waals surface area contributed by atoms with Crippen molar-refractivity contribution in [1.29, 1.82) is 0 Å². The standard InChI is InChI=1S/C28H32F2N6/c1-18-23-22(24(31-5)34(6)26-33-27(2,3)17-36(23)26)25(32-21-10-8-7-9-11-21)35(18)16-19-12-14-20(15-13-19)28(4,29)30/h7-15,32H,16-17H2,1-6H3. The first-order chi connectivity index (χ1) is 17.0. The summed E-state index contributed by atoms with van der Waals surface area (Å²) in [5.74, 6) is -0.237. The van der Waals surface area contributed by atoms with Crippen molar-refractivity contribution >= 4 is 29.0 Å². The zero-order valence-electron chi connectivity index (χ0n) is 21.6. The molecule has 0 unspecified atom stereocenters. The third kappa shape index (κ3) is 4.04. The van der Waals surface area contributed by atoms with Crippen LogP contribution in [0.5, 0.6) is 0 Å². The third-order valence-corrected chi connectivity index (χ3v) is 6.84. The molecule has 6 nitrogen and oxygen atoms in total. The van der Waals surface area contributed by atoms with E-state index in [2.05, 4.69) is 45.4 Å². The summed E-state index contributed by atoms with van der Waals surface area (Å²) >= 11 is 0. The van der Waals surface area contributed by atoms with Gasteiger partial charge in [0.15, 0.2) is 0 Å². The van der Waals surface area contributed by atoms with Gasteiger partial charge in [-0.15, -0.1) is 0 Å². The maximum absolute atomic E-state index is 13.8. The van der Waals surface area contributed by atoms with Crippen LogP contribution in [-0.2, 0) is 12.5 Å². The van der Waals surface area contributed by atoms with Gasteiger partial charge in [-0.25, -0.2) is 13.8 Å². The summed E-state index contributed by atoms with van der Waals surface area (Å²) in [7, 11) is 3.80. The molecule has 0 fully saturated rings. The lowest BCUT2D eigenvalue weighted by molar-refractivity contribution is 0.0174. The largest absolute Gasteiger partial charge is 0.341 e. The quantitative estimate of drug-likeness (QED) is 0.479. The second-order valence-electron chi connectivity index (χ2n) is 10.2. The maximum atomic E-state index is 13.8. The number of alkyl halides is 2. The summed E-state index contributed by atoms with van der Waals surface area (Å²) in [4.78, 5) is 14.0. The molecule has 8 heteroatoms. The highest BCUT2D eigenvalue weighted by Crippen LogP contribution is 2.44. The fraction of sp³-hybridized carbons (Fsp3) is 0.357. The lowest BCUT2D eigenvalue weighted by atomic mass is 10.1. The molecule has 0 spiro atoms. The number of nitrogens with one attached hydrogen (secondary N) is 1. The summed E-state index contributed by atoms with van der Waals surface area (Å²) in [6, 6.07) is 16.6. The van der Waals surface area contributed by atoms with Gasteiger partial charge in [0.1, 0.15) is 11.7 Å². The number of halogens is 2.